The van der Waals surface area contributed by atoms with E-state index in [1.165, 1.54) is 0 Å². The van der Waals surface area contributed by atoms with Crippen LogP contribution < -0.4 is 5.73 Å². The third-order valence-corrected chi connectivity index (χ3v) is 4.26. The van der Waals surface area contributed by atoms with Gasteiger partial charge in [0, 0.05) is 43.5 Å². The number of aromatic nitrogens is 1. The van der Waals surface area contributed by atoms with Gasteiger partial charge < -0.3 is 10.5 Å². The van der Waals surface area contributed by atoms with E-state index in [0.29, 0.717) is 12.6 Å². The van der Waals surface area contributed by atoms with Crippen LogP contribution in [-0.4, -0.2) is 48.3 Å². The molecule has 0 aromatic carbocycles. The summed E-state index contributed by atoms with van der Waals surface area (Å²) in [5, 5.41) is 0. The second-order valence-electron chi connectivity index (χ2n) is 5.56. The Kier molecular flexibility index (Phi) is 4.91. The van der Waals surface area contributed by atoms with Crippen LogP contribution in [0.25, 0.3) is 0 Å². The normalized spacial score (nSPS) is 27.7. The van der Waals surface area contributed by atoms with Crippen molar-refractivity contribution in [1.29, 1.82) is 0 Å². The lowest BCUT2D eigenvalue weighted by atomic mass is 9.85. The molecule has 0 amide bonds. The first-order valence-corrected chi connectivity index (χ1v) is 7.09. The zero-order valence-electron chi connectivity index (χ0n) is 12.0. The Morgan fingerprint density at radius 3 is 3.00 bits per heavy atom. The molecule has 1 aliphatic rings. The molecule has 0 saturated carbocycles. The van der Waals surface area contributed by atoms with Crippen molar-refractivity contribution < 1.29 is 4.74 Å². The standard InChI is InChI=1S/C15H25N3O/c1-13-11-15(12-16,7-10-19-13)18(2)9-6-14-5-3-4-8-17-14/h3-5,8,13H,6-7,9-12,16H2,1-2H3. The molecule has 1 saturated heterocycles. The van der Waals surface area contributed by atoms with Gasteiger partial charge >= 0.3 is 0 Å². The molecule has 0 spiro atoms. The molecule has 2 heterocycles. The van der Waals surface area contributed by atoms with Gasteiger partial charge in [-0.2, -0.15) is 0 Å². The molecule has 0 bridgehead atoms. The number of hydrogen-bond donors (Lipinski definition) is 1. The van der Waals surface area contributed by atoms with Crippen LogP contribution in [0.3, 0.4) is 0 Å². The molecular weight excluding hydrogens is 238 g/mol. The molecule has 2 N–H and O–H groups in total. The Morgan fingerprint density at radius 2 is 2.37 bits per heavy atom. The van der Waals surface area contributed by atoms with Gasteiger partial charge in [0.25, 0.3) is 0 Å². The van der Waals surface area contributed by atoms with Crippen molar-refractivity contribution in [2.75, 3.05) is 26.7 Å². The molecule has 1 aromatic rings. The molecule has 1 aromatic heterocycles. The van der Waals surface area contributed by atoms with Crippen molar-refractivity contribution in [2.45, 2.75) is 37.8 Å². The number of hydrogen-bond acceptors (Lipinski definition) is 4. The number of rotatable bonds is 5. The lowest BCUT2D eigenvalue weighted by Gasteiger charge is -2.46. The predicted molar refractivity (Wildman–Crippen MR) is 77.0 cm³/mol. The molecule has 1 fully saturated rings. The molecule has 2 unspecified atom stereocenters. The van der Waals surface area contributed by atoms with Gasteiger partial charge in [-0.25, -0.2) is 0 Å². The van der Waals surface area contributed by atoms with Gasteiger partial charge in [0.05, 0.1) is 6.10 Å². The van der Waals surface area contributed by atoms with Gasteiger partial charge in [0.15, 0.2) is 0 Å². The van der Waals surface area contributed by atoms with Gasteiger partial charge in [-0.05, 0) is 38.9 Å². The maximum Gasteiger partial charge on any atom is 0.0565 e. The van der Waals surface area contributed by atoms with Crippen molar-refractivity contribution in [3.63, 3.8) is 0 Å². The van der Waals surface area contributed by atoms with E-state index in [-0.39, 0.29) is 5.54 Å². The molecule has 2 rings (SSSR count). The smallest absolute Gasteiger partial charge is 0.0565 e. The summed E-state index contributed by atoms with van der Waals surface area (Å²) in [4.78, 5) is 6.78. The lowest BCUT2D eigenvalue weighted by Crippen LogP contribution is -2.57. The zero-order chi connectivity index (χ0) is 13.7. The van der Waals surface area contributed by atoms with Crippen LogP contribution in [0.5, 0.6) is 0 Å². The number of ether oxygens (including phenoxy) is 1. The van der Waals surface area contributed by atoms with E-state index in [1.54, 1.807) is 0 Å². The van der Waals surface area contributed by atoms with E-state index in [4.69, 9.17) is 10.5 Å². The monoisotopic (exact) mass is 263 g/mol. The summed E-state index contributed by atoms with van der Waals surface area (Å²) < 4.78 is 5.65. The summed E-state index contributed by atoms with van der Waals surface area (Å²) in [7, 11) is 2.17. The fourth-order valence-corrected chi connectivity index (χ4v) is 2.90. The minimum atomic E-state index is 0.0897. The first-order valence-electron chi connectivity index (χ1n) is 7.09. The SMILES string of the molecule is CC1CC(CN)(N(C)CCc2ccccn2)CCO1. The lowest BCUT2D eigenvalue weighted by molar-refractivity contribution is -0.0556. The number of pyridine rings is 1. The summed E-state index contributed by atoms with van der Waals surface area (Å²) in [5.74, 6) is 0. The van der Waals surface area contributed by atoms with Crippen LogP contribution in [0.1, 0.15) is 25.5 Å². The van der Waals surface area contributed by atoms with E-state index in [9.17, 15) is 0 Å². The van der Waals surface area contributed by atoms with Crippen molar-refractivity contribution in [1.82, 2.24) is 9.88 Å². The number of nitrogens with two attached hydrogens (primary N) is 1. The molecule has 2 atom stereocenters. The number of likely N-dealkylation sites (N-methyl/N-ethyl adjacent to an activating group) is 1. The summed E-state index contributed by atoms with van der Waals surface area (Å²) in [5.41, 5.74) is 7.29. The van der Waals surface area contributed by atoms with E-state index >= 15 is 0 Å². The fourth-order valence-electron chi connectivity index (χ4n) is 2.90. The maximum atomic E-state index is 6.06. The third kappa shape index (κ3) is 3.53. The van der Waals surface area contributed by atoms with Crippen LogP contribution in [0.2, 0.25) is 0 Å². The average Bonchev–Trinajstić information content (AvgIpc) is 2.45. The van der Waals surface area contributed by atoms with Crippen molar-refractivity contribution in [2.24, 2.45) is 5.73 Å². The summed E-state index contributed by atoms with van der Waals surface area (Å²) in [6.45, 7) is 4.63. The van der Waals surface area contributed by atoms with Crippen LogP contribution in [0.15, 0.2) is 24.4 Å². The Hall–Kier alpha value is -0.970. The molecule has 106 valence electrons. The highest BCUT2D eigenvalue weighted by Crippen LogP contribution is 2.29. The zero-order valence-corrected chi connectivity index (χ0v) is 12.0. The highest BCUT2D eigenvalue weighted by Gasteiger charge is 2.37. The minimum absolute atomic E-state index is 0.0897. The minimum Gasteiger partial charge on any atom is -0.378 e. The van der Waals surface area contributed by atoms with E-state index < -0.39 is 0 Å². The summed E-state index contributed by atoms with van der Waals surface area (Å²) in [6, 6.07) is 6.07. The van der Waals surface area contributed by atoms with Gasteiger partial charge in [-0.15, -0.1) is 0 Å². The largest absolute Gasteiger partial charge is 0.378 e. The summed E-state index contributed by atoms with van der Waals surface area (Å²) >= 11 is 0. The molecule has 19 heavy (non-hydrogen) atoms. The predicted octanol–water partition coefficient (Wildman–Crippen LogP) is 1.45. The summed E-state index contributed by atoms with van der Waals surface area (Å²) in [6.07, 6.45) is 5.16. The fraction of sp³-hybridized carbons (Fsp3) is 0.667. The second kappa shape index (κ2) is 6.46. The van der Waals surface area contributed by atoms with E-state index in [2.05, 4.69) is 29.9 Å². The highest BCUT2D eigenvalue weighted by atomic mass is 16.5. The molecule has 4 nitrogen and oxygen atoms in total. The third-order valence-electron chi connectivity index (χ3n) is 4.26. The van der Waals surface area contributed by atoms with Crippen LogP contribution in [0, 0.1) is 0 Å². The van der Waals surface area contributed by atoms with Crippen LogP contribution in [-0.2, 0) is 11.2 Å². The highest BCUT2D eigenvalue weighted by molar-refractivity contribution is 5.04. The molecule has 0 aliphatic carbocycles. The first-order chi connectivity index (χ1) is 9.16. The van der Waals surface area contributed by atoms with Gasteiger partial charge in [0.2, 0.25) is 0 Å². The first kappa shape index (κ1) is 14.4. The van der Waals surface area contributed by atoms with Crippen molar-refractivity contribution in [3.8, 4) is 0 Å². The van der Waals surface area contributed by atoms with Gasteiger partial charge in [-0.3, -0.25) is 9.88 Å². The number of nitrogens with zero attached hydrogens (tertiary/aromatic N) is 2. The Labute approximate surface area is 116 Å². The van der Waals surface area contributed by atoms with Crippen LogP contribution in [0.4, 0.5) is 0 Å². The van der Waals surface area contributed by atoms with Crippen molar-refractivity contribution in [3.05, 3.63) is 30.1 Å². The van der Waals surface area contributed by atoms with Gasteiger partial charge in [-0.1, -0.05) is 6.07 Å². The maximum absolute atomic E-state index is 6.06. The topological polar surface area (TPSA) is 51.4 Å². The molecule has 1 aliphatic heterocycles. The molecule has 4 heteroatoms. The second-order valence-corrected chi connectivity index (χ2v) is 5.56. The van der Waals surface area contributed by atoms with E-state index in [1.807, 2.05) is 18.3 Å². The van der Waals surface area contributed by atoms with Gasteiger partial charge in [0.1, 0.15) is 0 Å². The molecular formula is C15H25N3O. The van der Waals surface area contributed by atoms with Crippen molar-refractivity contribution >= 4 is 0 Å². The Morgan fingerprint density at radius 1 is 1.53 bits per heavy atom. The van der Waals surface area contributed by atoms with E-state index in [0.717, 1.165) is 38.1 Å². The Bertz CT molecular complexity index is 384. The molecule has 0 radical (unpaired) electrons. The Balaban J connectivity index is 1.95. The quantitative estimate of drug-likeness (QED) is 0.873. The van der Waals surface area contributed by atoms with Crippen LogP contribution >= 0.6 is 0 Å². The average molecular weight is 263 g/mol.